The highest BCUT2D eigenvalue weighted by molar-refractivity contribution is 14.0. The molecule has 1 saturated carbocycles. The summed E-state index contributed by atoms with van der Waals surface area (Å²) < 4.78 is 12.7. The van der Waals surface area contributed by atoms with E-state index in [1.54, 1.807) is 0 Å². The van der Waals surface area contributed by atoms with Crippen LogP contribution in [0.2, 0.25) is 0 Å². The fraction of sp³-hybridized carbons (Fsp3) is 0.429. The molecule has 0 atom stereocenters. The standard InChI is InChI=1S/C14H19FN4O.HI/c15-11-4-6-12(7-5-11)19-13(20)9-18-14(16)17-8-10-2-1-3-10;/h4-7,10H,1-3,8-9H2,(H,19,20)(H3,16,17,18);1H. The van der Waals surface area contributed by atoms with Gasteiger partial charge in [0.25, 0.3) is 0 Å². The summed E-state index contributed by atoms with van der Waals surface area (Å²) in [6.07, 6.45) is 3.74. The number of nitrogens with two attached hydrogens (primary N) is 1. The average molecular weight is 406 g/mol. The number of benzene rings is 1. The van der Waals surface area contributed by atoms with E-state index in [1.807, 2.05) is 0 Å². The number of hydrogen-bond acceptors (Lipinski definition) is 2. The van der Waals surface area contributed by atoms with E-state index in [9.17, 15) is 9.18 Å². The molecule has 0 saturated heterocycles. The van der Waals surface area contributed by atoms with E-state index in [2.05, 4.69) is 15.6 Å². The van der Waals surface area contributed by atoms with Crippen molar-refractivity contribution in [3.05, 3.63) is 30.1 Å². The van der Waals surface area contributed by atoms with Gasteiger partial charge in [0.15, 0.2) is 5.96 Å². The average Bonchev–Trinajstić information content (AvgIpc) is 2.37. The third-order valence-corrected chi connectivity index (χ3v) is 3.32. The molecule has 0 aromatic heterocycles. The van der Waals surface area contributed by atoms with Crippen LogP contribution in [0.15, 0.2) is 29.3 Å². The number of nitrogens with one attached hydrogen (secondary N) is 2. The van der Waals surface area contributed by atoms with E-state index in [4.69, 9.17) is 5.73 Å². The predicted molar refractivity (Wildman–Crippen MR) is 92.3 cm³/mol. The van der Waals surface area contributed by atoms with Crippen LogP contribution >= 0.6 is 24.0 Å². The van der Waals surface area contributed by atoms with Gasteiger partial charge in [-0.2, -0.15) is 0 Å². The van der Waals surface area contributed by atoms with Gasteiger partial charge in [0.2, 0.25) is 5.91 Å². The SMILES string of the molecule is I.NC(=NCC(=O)Nc1ccc(F)cc1)NCC1CCC1. The molecular formula is C14H20FIN4O. The normalized spacial score (nSPS) is 14.8. The molecule has 7 heteroatoms. The third-order valence-electron chi connectivity index (χ3n) is 3.32. The summed E-state index contributed by atoms with van der Waals surface area (Å²) in [5, 5.41) is 5.63. The summed E-state index contributed by atoms with van der Waals surface area (Å²) in [7, 11) is 0. The highest BCUT2D eigenvalue weighted by Gasteiger charge is 2.16. The largest absolute Gasteiger partial charge is 0.370 e. The zero-order valence-electron chi connectivity index (χ0n) is 11.6. The van der Waals surface area contributed by atoms with E-state index in [1.165, 1.54) is 43.5 Å². The molecule has 2 rings (SSSR count). The van der Waals surface area contributed by atoms with E-state index >= 15 is 0 Å². The Kier molecular flexibility index (Phi) is 7.41. The van der Waals surface area contributed by atoms with Crippen LogP contribution < -0.4 is 16.4 Å². The van der Waals surface area contributed by atoms with Gasteiger partial charge in [-0.05, 0) is 43.0 Å². The van der Waals surface area contributed by atoms with E-state index in [0.717, 1.165) is 6.54 Å². The van der Waals surface area contributed by atoms with Gasteiger partial charge in [0.1, 0.15) is 12.4 Å². The molecule has 0 heterocycles. The predicted octanol–water partition coefficient (Wildman–Crippen LogP) is 2.09. The first kappa shape index (κ1) is 17.7. The Hall–Kier alpha value is -1.38. The van der Waals surface area contributed by atoms with Crippen LogP contribution in [0.25, 0.3) is 0 Å². The molecule has 21 heavy (non-hydrogen) atoms. The van der Waals surface area contributed by atoms with Crippen molar-refractivity contribution in [1.82, 2.24) is 5.32 Å². The van der Waals surface area contributed by atoms with Crippen LogP contribution in [0.4, 0.5) is 10.1 Å². The molecule has 116 valence electrons. The Morgan fingerprint density at radius 2 is 2.00 bits per heavy atom. The zero-order valence-corrected chi connectivity index (χ0v) is 14.0. The highest BCUT2D eigenvalue weighted by Crippen LogP contribution is 2.24. The van der Waals surface area contributed by atoms with Crippen molar-refractivity contribution in [2.24, 2.45) is 16.6 Å². The minimum atomic E-state index is -0.342. The molecule has 1 fully saturated rings. The monoisotopic (exact) mass is 406 g/mol. The molecular weight excluding hydrogens is 386 g/mol. The second kappa shape index (κ2) is 8.81. The molecule has 0 bridgehead atoms. The molecule has 1 aromatic rings. The van der Waals surface area contributed by atoms with Gasteiger partial charge in [0, 0.05) is 12.2 Å². The lowest BCUT2D eigenvalue weighted by Gasteiger charge is -2.25. The number of hydrogen-bond donors (Lipinski definition) is 3. The Morgan fingerprint density at radius 3 is 2.57 bits per heavy atom. The molecule has 0 spiro atoms. The van der Waals surface area contributed by atoms with Crippen LogP contribution in [-0.2, 0) is 4.79 Å². The van der Waals surface area contributed by atoms with Crippen LogP contribution in [0, 0.1) is 11.7 Å². The first-order valence-electron chi connectivity index (χ1n) is 6.72. The number of halogens is 2. The summed E-state index contributed by atoms with van der Waals surface area (Å²) >= 11 is 0. The Balaban J connectivity index is 0.00000220. The molecule has 1 aromatic carbocycles. The van der Waals surface area contributed by atoms with Crippen LogP contribution in [0.1, 0.15) is 19.3 Å². The van der Waals surface area contributed by atoms with Crippen molar-refractivity contribution in [3.63, 3.8) is 0 Å². The topological polar surface area (TPSA) is 79.5 Å². The summed E-state index contributed by atoms with van der Waals surface area (Å²) in [6, 6.07) is 5.56. The molecule has 0 aliphatic heterocycles. The maximum absolute atomic E-state index is 12.7. The number of aliphatic imine (C=N–C) groups is 1. The smallest absolute Gasteiger partial charge is 0.246 e. The van der Waals surface area contributed by atoms with Crippen LogP contribution in [0.5, 0.6) is 0 Å². The van der Waals surface area contributed by atoms with Crippen molar-refractivity contribution in [2.75, 3.05) is 18.4 Å². The molecule has 5 nitrogen and oxygen atoms in total. The minimum absolute atomic E-state index is 0. The zero-order chi connectivity index (χ0) is 14.4. The quantitative estimate of drug-likeness (QED) is 0.398. The molecule has 4 N–H and O–H groups in total. The van der Waals surface area contributed by atoms with Crippen LogP contribution in [0.3, 0.4) is 0 Å². The summed E-state index contributed by atoms with van der Waals surface area (Å²) in [4.78, 5) is 15.6. The molecule has 1 aliphatic rings. The number of carbonyl (C=O) groups excluding carboxylic acids is 1. The fourth-order valence-electron chi connectivity index (χ4n) is 1.89. The molecule has 0 unspecified atom stereocenters. The van der Waals surface area contributed by atoms with Crippen molar-refractivity contribution in [3.8, 4) is 0 Å². The number of amides is 1. The molecule has 1 amide bonds. The number of nitrogens with zero attached hydrogens (tertiary/aromatic N) is 1. The minimum Gasteiger partial charge on any atom is -0.370 e. The lowest BCUT2D eigenvalue weighted by Crippen LogP contribution is -2.37. The van der Waals surface area contributed by atoms with Gasteiger partial charge in [0.05, 0.1) is 0 Å². The van der Waals surface area contributed by atoms with E-state index < -0.39 is 0 Å². The van der Waals surface area contributed by atoms with Crippen molar-refractivity contribution >= 4 is 41.5 Å². The lowest BCUT2D eigenvalue weighted by atomic mass is 9.85. The van der Waals surface area contributed by atoms with Crippen molar-refractivity contribution in [2.45, 2.75) is 19.3 Å². The van der Waals surface area contributed by atoms with Gasteiger partial charge in [-0.15, -0.1) is 24.0 Å². The summed E-state index contributed by atoms with van der Waals surface area (Å²) in [6.45, 7) is 0.760. The second-order valence-electron chi connectivity index (χ2n) is 4.93. The first-order chi connectivity index (χ1) is 9.63. The Morgan fingerprint density at radius 1 is 1.33 bits per heavy atom. The second-order valence-corrected chi connectivity index (χ2v) is 4.93. The van der Waals surface area contributed by atoms with Crippen molar-refractivity contribution < 1.29 is 9.18 Å². The van der Waals surface area contributed by atoms with Gasteiger partial charge < -0.3 is 16.4 Å². The Bertz CT molecular complexity index is 488. The van der Waals surface area contributed by atoms with Crippen LogP contribution in [-0.4, -0.2) is 25.0 Å². The van der Waals surface area contributed by atoms with Gasteiger partial charge in [-0.1, -0.05) is 6.42 Å². The number of carbonyl (C=O) groups is 1. The van der Waals surface area contributed by atoms with E-state index in [0.29, 0.717) is 11.6 Å². The van der Waals surface area contributed by atoms with Crippen molar-refractivity contribution in [1.29, 1.82) is 0 Å². The fourth-order valence-corrected chi connectivity index (χ4v) is 1.89. The maximum atomic E-state index is 12.7. The molecule has 0 radical (unpaired) electrons. The number of anilines is 1. The van der Waals surface area contributed by atoms with E-state index in [-0.39, 0.29) is 48.2 Å². The number of rotatable bonds is 5. The first-order valence-corrected chi connectivity index (χ1v) is 6.72. The summed E-state index contributed by atoms with van der Waals surface area (Å²) in [5.74, 6) is 0.332. The Labute approximate surface area is 140 Å². The highest BCUT2D eigenvalue weighted by atomic mass is 127. The number of guanidine groups is 1. The maximum Gasteiger partial charge on any atom is 0.246 e. The lowest BCUT2D eigenvalue weighted by molar-refractivity contribution is -0.114. The van der Waals surface area contributed by atoms with Gasteiger partial charge in [-0.3, -0.25) is 4.79 Å². The third kappa shape index (κ3) is 6.28. The van der Waals surface area contributed by atoms with Gasteiger partial charge in [-0.25, -0.2) is 9.38 Å². The van der Waals surface area contributed by atoms with Gasteiger partial charge >= 0.3 is 0 Å². The molecule has 1 aliphatic carbocycles. The summed E-state index contributed by atoms with van der Waals surface area (Å²) in [5.41, 5.74) is 6.21.